The maximum atomic E-state index is 6.11. The summed E-state index contributed by atoms with van der Waals surface area (Å²) in [6, 6.07) is 8.71. The third-order valence-corrected chi connectivity index (χ3v) is 5.31. The summed E-state index contributed by atoms with van der Waals surface area (Å²) in [5.74, 6) is 0. The quantitative estimate of drug-likeness (QED) is 0.516. The molecule has 0 nitrogen and oxygen atoms in total. The zero-order valence-corrected chi connectivity index (χ0v) is 13.3. The van der Waals surface area contributed by atoms with Gasteiger partial charge in [0.2, 0.25) is 0 Å². The van der Waals surface area contributed by atoms with Crippen molar-refractivity contribution in [2.75, 3.05) is 0 Å². The van der Waals surface area contributed by atoms with Crippen molar-refractivity contribution in [2.24, 2.45) is 0 Å². The lowest BCUT2D eigenvalue weighted by atomic mass is 10.3. The first-order valence-corrected chi connectivity index (χ1v) is 7.46. The zero-order valence-electron chi connectivity index (χ0n) is 8.68. The Labute approximate surface area is 134 Å². The molecular formula is C12H5Cl5S. The highest BCUT2D eigenvalue weighted by Gasteiger charge is 2.11. The minimum absolute atomic E-state index is 0.420. The van der Waals surface area contributed by atoms with E-state index >= 15 is 0 Å². The molecule has 0 saturated carbocycles. The number of rotatable bonds is 2. The van der Waals surface area contributed by atoms with Crippen molar-refractivity contribution in [3.8, 4) is 0 Å². The van der Waals surface area contributed by atoms with Crippen LogP contribution in [0.4, 0.5) is 0 Å². The second-order valence-electron chi connectivity index (χ2n) is 3.35. The monoisotopic (exact) mass is 356 g/mol. The van der Waals surface area contributed by atoms with E-state index in [0.717, 1.165) is 9.79 Å². The predicted molar refractivity (Wildman–Crippen MR) is 82.1 cm³/mol. The topological polar surface area (TPSA) is 0 Å². The fourth-order valence-corrected chi connectivity index (χ4v) is 3.38. The molecule has 0 aliphatic heterocycles. The smallest absolute Gasteiger partial charge is 0.0731 e. The van der Waals surface area contributed by atoms with Gasteiger partial charge in [-0.3, -0.25) is 0 Å². The standard InChI is InChI=1S/C12H5Cl5S/c13-6-2-1-3-10(12(6)17)18-11-5-8(15)7(14)4-9(11)16/h1-5H. The van der Waals surface area contributed by atoms with Gasteiger partial charge in [0.25, 0.3) is 0 Å². The minimum atomic E-state index is 0.420. The van der Waals surface area contributed by atoms with Gasteiger partial charge in [-0.2, -0.15) is 0 Å². The van der Waals surface area contributed by atoms with Crippen molar-refractivity contribution in [1.29, 1.82) is 0 Å². The van der Waals surface area contributed by atoms with Crippen LogP contribution in [0.3, 0.4) is 0 Å². The first-order chi connectivity index (χ1) is 8.49. The Bertz CT molecular complexity index is 597. The summed E-state index contributed by atoms with van der Waals surface area (Å²) >= 11 is 31.4. The second-order valence-corrected chi connectivity index (χ2v) is 6.44. The van der Waals surface area contributed by atoms with Crippen molar-refractivity contribution in [3.63, 3.8) is 0 Å². The number of hydrogen-bond acceptors (Lipinski definition) is 1. The van der Waals surface area contributed by atoms with Crippen LogP contribution >= 0.6 is 69.8 Å². The fourth-order valence-electron chi connectivity index (χ4n) is 1.26. The van der Waals surface area contributed by atoms with Crippen LogP contribution < -0.4 is 0 Å². The highest BCUT2D eigenvalue weighted by Crippen LogP contribution is 2.42. The fraction of sp³-hybridized carbons (Fsp3) is 0. The van der Waals surface area contributed by atoms with Crippen molar-refractivity contribution in [3.05, 3.63) is 55.4 Å². The van der Waals surface area contributed by atoms with Gasteiger partial charge >= 0.3 is 0 Å². The van der Waals surface area contributed by atoms with Gasteiger partial charge in [-0.25, -0.2) is 0 Å². The first-order valence-electron chi connectivity index (χ1n) is 4.75. The Kier molecular flexibility index (Phi) is 4.99. The molecule has 0 N–H and O–H groups in total. The highest BCUT2D eigenvalue weighted by atomic mass is 35.5. The maximum Gasteiger partial charge on any atom is 0.0731 e. The van der Waals surface area contributed by atoms with E-state index < -0.39 is 0 Å². The molecule has 0 unspecified atom stereocenters. The average Bonchev–Trinajstić information content (AvgIpc) is 2.32. The molecule has 94 valence electrons. The normalized spacial score (nSPS) is 10.7. The lowest BCUT2D eigenvalue weighted by Gasteiger charge is -2.08. The van der Waals surface area contributed by atoms with E-state index in [1.807, 2.05) is 12.1 Å². The van der Waals surface area contributed by atoms with Gasteiger partial charge in [0.15, 0.2) is 0 Å². The summed E-state index contributed by atoms with van der Waals surface area (Å²) < 4.78 is 0. The highest BCUT2D eigenvalue weighted by molar-refractivity contribution is 7.99. The van der Waals surface area contributed by atoms with Crippen LogP contribution in [0.5, 0.6) is 0 Å². The van der Waals surface area contributed by atoms with Gasteiger partial charge in [-0.1, -0.05) is 75.8 Å². The van der Waals surface area contributed by atoms with Crippen molar-refractivity contribution >= 4 is 69.8 Å². The predicted octanol–water partition coefficient (Wildman–Crippen LogP) is 7.10. The number of halogens is 5. The van der Waals surface area contributed by atoms with Crippen LogP contribution in [0, 0.1) is 0 Å². The Balaban J connectivity index is 2.40. The first kappa shape index (κ1) is 14.6. The van der Waals surface area contributed by atoms with E-state index in [-0.39, 0.29) is 0 Å². The van der Waals surface area contributed by atoms with Crippen molar-refractivity contribution in [1.82, 2.24) is 0 Å². The van der Waals surface area contributed by atoms with Crippen LogP contribution in [0.1, 0.15) is 0 Å². The molecule has 2 aromatic rings. The lowest BCUT2D eigenvalue weighted by Crippen LogP contribution is -1.80. The maximum absolute atomic E-state index is 6.11. The lowest BCUT2D eigenvalue weighted by molar-refractivity contribution is 1.40. The molecule has 0 atom stereocenters. The van der Waals surface area contributed by atoms with Gasteiger partial charge in [0.05, 0.1) is 25.1 Å². The molecule has 0 aliphatic carbocycles. The Morgan fingerprint density at radius 2 is 1.33 bits per heavy atom. The zero-order chi connectivity index (χ0) is 13.3. The molecule has 0 radical (unpaired) electrons. The van der Waals surface area contributed by atoms with E-state index in [0.29, 0.717) is 25.1 Å². The molecule has 18 heavy (non-hydrogen) atoms. The SMILES string of the molecule is Clc1cc(Cl)c(Sc2cccc(Cl)c2Cl)cc1Cl. The molecule has 6 heteroatoms. The number of hydrogen-bond donors (Lipinski definition) is 0. The summed E-state index contributed by atoms with van der Waals surface area (Å²) in [5, 5.41) is 2.37. The van der Waals surface area contributed by atoms with Crippen LogP contribution in [-0.4, -0.2) is 0 Å². The van der Waals surface area contributed by atoms with Crippen LogP contribution in [0.25, 0.3) is 0 Å². The van der Waals surface area contributed by atoms with E-state index in [1.54, 1.807) is 18.2 Å². The summed E-state index contributed by atoms with van der Waals surface area (Å²) in [6.07, 6.45) is 0. The molecule has 2 rings (SSSR count). The van der Waals surface area contributed by atoms with Crippen LogP contribution in [-0.2, 0) is 0 Å². The molecule has 0 amide bonds. The Morgan fingerprint density at radius 3 is 2.06 bits per heavy atom. The van der Waals surface area contributed by atoms with Crippen LogP contribution in [0.2, 0.25) is 25.1 Å². The molecule has 0 aromatic heterocycles. The van der Waals surface area contributed by atoms with E-state index in [1.165, 1.54) is 11.8 Å². The Morgan fingerprint density at radius 1 is 0.667 bits per heavy atom. The molecular weight excluding hydrogens is 353 g/mol. The van der Waals surface area contributed by atoms with Gasteiger partial charge in [-0.15, -0.1) is 0 Å². The van der Waals surface area contributed by atoms with Crippen molar-refractivity contribution < 1.29 is 0 Å². The Hall–Kier alpha value is 0.240. The summed E-state index contributed by atoms with van der Waals surface area (Å²) in [5.41, 5.74) is 0. The summed E-state index contributed by atoms with van der Waals surface area (Å²) in [4.78, 5) is 1.58. The van der Waals surface area contributed by atoms with Gasteiger partial charge in [0, 0.05) is 9.79 Å². The third kappa shape index (κ3) is 3.22. The summed E-state index contributed by atoms with van der Waals surface area (Å²) in [6.45, 7) is 0. The number of benzene rings is 2. The van der Waals surface area contributed by atoms with Crippen molar-refractivity contribution in [2.45, 2.75) is 9.79 Å². The molecule has 0 fully saturated rings. The second kappa shape index (κ2) is 6.13. The molecule has 0 heterocycles. The molecule has 0 aliphatic rings. The molecule has 0 spiro atoms. The molecule has 0 bridgehead atoms. The minimum Gasteiger partial charge on any atom is -0.0869 e. The van der Waals surface area contributed by atoms with Crippen LogP contribution in [0.15, 0.2) is 40.1 Å². The van der Waals surface area contributed by atoms with Gasteiger partial charge in [-0.05, 0) is 24.3 Å². The van der Waals surface area contributed by atoms with E-state index in [2.05, 4.69) is 0 Å². The summed E-state index contributed by atoms with van der Waals surface area (Å²) in [7, 11) is 0. The van der Waals surface area contributed by atoms with Gasteiger partial charge in [0.1, 0.15) is 0 Å². The third-order valence-electron chi connectivity index (χ3n) is 2.11. The molecule has 0 saturated heterocycles. The average molecular weight is 359 g/mol. The van der Waals surface area contributed by atoms with E-state index in [9.17, 15) is 0 Å². The largest absolute Gasteiger partial charge is 0.0869 e. The van der Waals surface area contributed by atoms with Gasteiger partial charge < -0.3 is 0 Å². The van der Waals surface area contributed by atoms with E-state index in [4.69, 9.17) is 58.0 Å². The molecule has 2 aromatic carbocycles.